The summed E-state index contributed by atoms with van der Waals surface area (Å²) in [6, 6.07) is 0.371. The van der Waals surface area contributed by atoms with Crippen LogP contribution >= 0.6 is 22.9 Å². The van der Waals surface area contributed by atoms with Crippen LogP contribution in [0.4, 0.5) is 13.2 Å². The van der Waals surface area contributed by atoms with Crippen molar-refractivity contribution in [2.24, 2.45) is 4.99 Å². The first-order valence-electron chi connectivity index (χ1n) is 12.0. The standard InChI is InChI=1S/C25H24ClF3N4O5S/c1-38-23(36)19-16(11-33-13-7-24(37,10-18(34)35)9-17(33)25(28,29)8-13)31-21(22-30-4-5-39-22)32-20(19)14-3-2-12(27)6-15(14)26/h2-6,13,17,20,37H,7-11H2,1H3,(H,31,32)(H,34,35)/t13?,17?,20-,24+/m0/s1. The first kappa shape index (κ1) is 27.6. The van der Waals surface area contributed by atoms with Gasteiger partial charge < -0.3 is 20.3 Å². The molecule has 1 aromatic heterocycles. The number of esters is 1. The summed E-state index contributed by atoms with van der Waals surface area (Å²) in [5.41, 5.74) is -1.33. The van der Waals surface area contributed by atoms with Crippen molar-refractivity contribution < 1.29 is 37.7 Å². The highest BCUT2D eigenvalue weighted by atomic mass is 35.5. The average molecular weight is 585 g/mol. The molecule has 3 N–H and O–H groups in total. The predicted octanol–water partition coefficient (Wildman–Crippen LogP) is 3.53. The summed E-state index contributed by atoms with van der Waals surface area (Å²) in [5, 5.41) is 25.4. The molecule has 2 aromatic rings. The van der Waals surface area contributed by atoms with E-state index in [0.717, 1.165) is 6.07 Å². The molecule has 14 heteroatoms. The number of aromatic nitrogens is 1. The van der Waals surface area contributed by atoms with Gasteiger partial charge in [-0.1, -0.05) is 17.7 Å². The normalized spacial score (nSPS) is 28.2. The molecule has 2 unspecified atom stereocenters. The molecule has 3 aliphatic rings. The number of methoxy groups -OCH3 is 1. The number of nitrogens with zero attached hydrogens (tertiary/aromatic N) is 3. The largest absolute Gasteiger partial charge is 0.481 e. The van der Waals surface area contributed by atoms with E-state index in [4.69, 9.17) is 16.3 Å². The Hall–Kier alpha value is -3.00. The van der Waals surface area contributed by atoms with Gasteiger partial charge in [-0.3, -0.25) is 9.69 Å². The van der Waals surface area contributed by atoms with Gasteiger partial charge in [0.15, 0.2) is 10.8 Å². The third-order valence-corrected chi connectivity index (χ3v) is 8.41. The molecule has 2 fully saturated rings. The summed E-state index contributed by atoms with van der Waals surface area (Å²) in [7, 11) is 1.17. The Kier molecular flexibility index (Phi) is 7.20. The van der Waals surface area contributed by atoms with Crippen LogP contribution in [0.3, 0.4) is 0 Å². The quantitative estimate of drug-likeness (QED) is 0.422. The Balaban J connectivity index is 1.60. The zero-order chi connectivity index (χ0) is 28.1. The molecular weight excluding hydrogens is 561 g/mol. The number of carboxylic acid groups (broad SMARTS) is 1. The number of thiazole rings is 1. The summed E-state index contributed by atoms with van der Waals surface area (Å²) in [6.45, 7) is -0.218. The van der Waals surface area contributed by atoms with Gasteiger partial charge >= 0.3 is 11.9 Å². The number of carboxylic acids is 1. The molecule has 1 aromatic carbocycles. The number of benzene rings is 1. The summed E-state index contributed by atoms with van der Waals surface area (Å²) in [4.78, 5) is 34.7. The molecule has 0 saturated carbocycles. The second-order valence-corrected chi connectivity index (χ2v) is 11.2. The van der Waals surface area contributed by atoms with Gasteiger partial charge in [0.2, 0.25) is 0 Å². The van der Waals surface area contributed by atoms with E-state index in [1.165, 1.54) is 35.5 Å². The lowest BCUT2D eigenvalue weighted by Crippen LogP contribution is -2.55. The van der Waals surface area contributed by atoms with Crippen molar-refractivity contribution in [3.05, 3.63) is 62.5 Å². The van der Waals surface area contributed by atoms with E-state index in [0.29, 0.717) is 10.6 Å². The maximum absolute atomic E-state index is 15.1. The molecule has 3 aliphatic heterocycles. The van der Waals surface area contributed by atoms with Crippen molar-refractivity contribution in [3.8, 4) is 0 Å². The lowest BCUT2D eigenvalue weighted by atomic mass is 9.83. The van der Waals surface area contributed by atoms with Crippen LogP contribution in [0.2, 0.25) is 5.02 Å². The number of fused-ring (bicyclic) bond motifs is 2. The van der Waals surface area contributed by atoms with Gasteiger partial charge in [0.05, 0.1) is 42.5 Å². The Morgan fingerprint density at radius 3 is 2.69 bits per heavy atom. The molecular formula is C25H24ClF3N4O5S. The van der Waals surface area contributed by atoms with Crippen molar-refractivity contribution in [3.63, 3.8) is 0 Å². The van der Waals surface area contributed by atoms with Crippen LogP contribution in [0.15, 0.2) is 46.0 Å². The fourth-order valence-corrected chi connectivity index (χ4v) is 6.59. The molecule has 0 spiro atoms. The van der Waals surface area contributed by atoms with Crippen molar-refractivity contribution in [1.29, 1.82) is 0 Å². The van der Waals surface area contributed by atoms with Crippen LogP contribution < -0.4 is 5.32 Å². The molecule has 0 aliphatic carbocycles. The van der Waals surface area contributed by atoms with E-state index < -0.39 is 66.7 Å². The first-order valence-corrected chi connectivity index (χ1v) is 13.3. The van der Waals surface area contributed by atoms with Gasteiger partial charge in [0, 0.05) is 35.6 Å². The summed E-state index contributed by atoms with van der Waals surface area (Å²) in [5.74, 6) is -5.59. The Morgan fingerprint density at radius 1 is 1.31 bits per heavy atom. The third kappa shape index (κ3) is 5.28. The van der Waals surface area contributed by atoms with E-state index in [9.17, 15) is 24.2 Å². The number of nitrogens with one attached hydrogen (secondary N) is 1. The number of hydrogen-bond donors (Lipinski definition) is 3. The van der Waals surface area contributed by atoms with Crippen molar-refractivity contribution in [2.45, 2.75) is 55.3 Å². The van der Waals surface area contributed by atoms with E-state index in [1.54, 1.807) is 11.6 Å². The number of piperidine rings is 1. The number of aliphatic carboxylic acids is 1. The molecule has 39 heavy (non-hydrogen) atoms. The minimum Gasteiger partial charge on any atom is -0.481 e. The fourth-order valence-electron chi connectivity index (χ4n) is 5.73. The number of amidine groups is 1. The monoisotopic (exact) mass is 584 g/mol. The van der Waals surface area contributed by atoms with Crippen LogP contribution in [0, 0.1) is 5.82 Å². The second-order valence-electron chi connectivity index (χ2n) is 9.90. The Labute approximate surface area is 230 Å². The molecule has 4 atom stereocenters. The number of rotatable bonds is 7. The molecule has 0 amide bonds. The van der Waals surface area contributed by atoms with Gasteiger partial charge in [-0.15, -0.1) is 11.3 Å². The minimum atomic E-state index is -3.20. The number of aliphatic imine (C=N–C) groups is 1. The Bertz CT molecular complexity index is 1370. The summed E-state index contributed by atoms with van der Waals surface area (Å²) in [6.07, 6.45) is -0.312. The maximum Gasteiger partial charge on any atom is 0.338 e. The summed E-state index contributed by atoms with van der Waals surface area (Å²) < 4.78 is 49.1. The van der Waals surface area contributed by atoms with Gasteiger partial charge in [-0.05, 0) is 30.5 Å². The molecule has 2 bridgehead atoms. The van der Waals surface area contributed by atoms with E-state index >= 15 is 8.78 Å². The zero-order valence-electron chi connectivity index (χ0n) is 20.5. The molecule has 5 rings (SSSR count). The van der Waals surface area contributed by atoms with Crippen LogP contribution in [0.1, 0.15) is 42.3 Å². The topological polar surface area (TPSA) is 124 Å². The average Bonchev–Trinajstić information content (AvgIpc) is 3.43. The summed E-state index contributed by atoms with van der Waals surface area (Å²) >= 11 is 7.62. The van der Waals surface area contributed by atoms with Crippen molar-refractivity contribution in [1.82, 2.24) is 15.2 Å². The number of carbonyl (C=O) groups is 2. The minimum absolute atomic E-state index is 0.000372. The smallest absolute Gasteiger partial charge is 0.338 e. The van der Waals surface area contributed by atoms with Crippen LogP contribution in [0.5, 0.6) is 0 Å². The van der Waals surface area contributed by atoms with Crippen LogP contribution in [-0.2, 0) is 14.3 Å². The highest BCUT2D eigenvalue weighted by Crippen LogP contribution is 2.50. The highest BCUT2D eigenvalue weighted by Gasteiger charge is 2.61. The number of alkyl halides is 2. The van der Waals surface area contributed by atoms with Crippen molar-refractivity contribution >= 4 is 40.7 Å². The van der Waals surface area contributed by atoms with E-state index in [1.807, 2.05) is 0 Å². The fraction of sp³-hybridized carbons (Fsp3) is 0.440. The zero-order valence-corrected chi connectivity index (χ0v) is 22.1. The second kappa shape index (κ2) is 10.2. The number of ether oxygens (including phenoxy) is 1. The molecule has 9 nitrogen and oxygen atoms in total. The first-order chi connectivity index (χ1) is 18.4. The lowest BCUT2D eigenvalue weighted by Gasteiger charge is -2.43. The highest BCUT2D eigenvalue weighted by molar-refractivity contribution is 7.11. The van der Waals surface area contributed by atoms with Crippen LogP contribution in [-0.4, -0.2) is 75.1 Å². The van der Waals surface area contributed by atoms with E-state index in [-0.39, 0.29) is 35.1 Å². The Morgan fingerprint density at radius 2 is 2.08 bits per heavy atom. The number of hydrogen-bond acceptors (Lipinski definition) is 9. The SMILES string of the molecule is COC(=O)C1=C(CN2C3CC(F)(F)C2C[C@@](O)(CC(=O)O)C3)N=C(c2nccs2)N[C@H]1c1ccc(F)cc1Cl. The number of carbonyl (C=O) groups excluding carboxylic acids is 1. The van der Waals surface area contributed by atoms with Gasteiger partial charge in [0.1, 0.15) is 5.82 Å². The molecule has 2 saturated heterocycles. The molecule has 4 heterocycles. The lowest BCUT2D eigenvalue weighted by molar-refractivity contribution is -0.148. The van der Waals surface area contributed by atoms with Gasteiger partial charge in [-0.25, -0.2) is 27.9 Å². The van der Waals surface area contributed by atoms with Gasteiger partial charge in [0.25, 0.3) is 5.92 Å². The third-order valence-electron chi connectivity index (χ3n) is 7.31. The van der Waals surface area contributed by atoms with E-state index in [2.05, 4.69) is 15.3 Å². The van der Waals surface area contributed by atoms with Crippen molar-refractivity contribution in [2.75, 3.05) is 13.7 Å². The number of aliphatic hydroxyl groups is 1. The van der Waals surface area contributed by atoms with Crippen LogP contribution in [0.25, 0.3) is 0 Å². The number of halogens is 4. The maximum atomic E-state index is 15.1. The molecule has 208 valence electrons. The molecule has 0 radical (unpaired) electrons. The predicted molar refractivity (Wildman–Crippen MR) is 135 cm³/mol. The van der Waals surface area contributed by atoms with Gasteiger partial charge in [-0.2, -0.15) is 0 Å².